The molecule has 1 nitrogen and oxygen atoms in total. The summed E-state index contributed by atoms with van der Waals surface area (Å²) in [7, 11) is 0. The number of nitrogens with zero attached hydrogens (tertiary/aromatic N) is 1. The Morgan fingerprint density at radius 1 is 1.33 bits per heavy atom. The third kappa shape index (κ3) is 1.87. The average molecular weight is 218 g/mol. The van der Waals surface area contributed by atoms with E-state index in [9.17, 15) is 0 Å². The zero-order chi connectivity index (χ0) is 9.14. The Morgan fingerprint density at radius 3 is 2.17 bits per heavy atom. The van der Waals surface area contributed by atoms with Crippen LogP contribution in [0.25, 0.3) is 0 Å². The highest BCUT2D eigenvalue weighted by atomic mass is 35.5. The molecule has 0 aliphatic carbocycles. The first-order chi connectivity index (χ1) is 5.69. The van der Waals surface area contributed by atoms with Crippen molar-refractivity contribution in [2.24, 2.45) is 0 Å². The van der Waals surface area contributed by atoms with Crippen molar-refractivity contribution in [3.63, 3.8) is 0 Å². The fourth-order valence-electron chi connectivity index (χ4n) is 0.775. The van der Waals surface area contributed by atoms with Gasteiger partial charge in [-0.3, -0.25) is 0 Å². The van der Waals surface area contributed by atoms with Crippen LogP contribution in [0, 0.1) is 11.3 Å². The van der Waals surface area contributed by atoms with Crippen molar-refractivity contribution in [3.05, 3.63) is 27.7 Å². The lowest BCUT2D eigenvalue weighted by molar-refractivity contribution is 1.42. The van der Waals surface area contributed by atoms with E-state index in [1.807, 2.05) is 12.3 Å². The summed E-state index contributed by atoms with van der Waals surface area (Å²) in [5, 5.41) is 9.46. The Morgan fingerprint density at radius 2 is 1.83 bits per heavy atom. The quantitative estimate of drug-likeness (QED) is 0.672. The van der Waals surface area contributed by atoms with Crippen LogP contribution in [0.4, 0.5) is 0 Å². The number of benzene rings is 1. The van der Waals surface area contributed by atoms with Gasteiger partial charge in [0.25, 0.3) is 0 Å². The SMILES string of the molecule is CSc1cc(Cl)c(C#N)c(Cl)c1. The zero-order valence-corrected chi connectivity index (χ0v) is 8.59. The molecule has 0 atom stereocenters. The van der Waals surface area contributed by atoms with Crippen LogP contribution < -0.4 is 0 Å². The van der Waals surface area contributed by atoms with Crippen LogP contribution in [0.2, 0.25) is 10.0 Å². The molecule has 1 rings (SSSR count). The van der Waals surface area contributed by atoms with Gasteiger partial charge in [-0.15, -0.1) is 11.8 Å². The summed E-state index contributed by atoms with van der Waals surface area (Å²) in [5.41, 5.74) is 0.344. The van der Waals surface area contributed by atoms with Crippen molar-refractivity contribution < 1.29 is 0 Å². The average Bonchev–Trinajstić information content (AvgIpc) is 2.03. The minimum absolute atomic E-state index is 0.344. The van der Waals surface area contributed by atoms with Gasteiger partial charge < -0.3 is 0 Å². The van der Waals surface area contributed by atoms with Gasteiger partial charge >= 0.3 is 0 Å². The number of halogens is 2. The molecule has 0 aliphatic heterocycles. The van der Waals surface area contributed by atoms with Crippen LogP contribution in [0.1, 0.15) is 5.56 Å². The molecule has 0 unspecified atom stereocenters. The third-order valence-electron chi connectivity index (χ3n) is 1.36. The molecular formula is C8H5Cl2NS. The van der Waals surface area contributed by atoms with Crippen LogP contribution in [0.3, 0.4) is 0 Å². The molecule has 62 valence electrons. The van der Waals surface area contributed by atoms with Gasteiger partial charge in [-0.05, 0) is 18.4 Å². The second kappa shape index (κ2) is 4.04. The molecular weight excluding hydrogens is 213 g/mol. The Balaban J connectivity index is 3.30. The molecule has 0 amide bonds. The first-order valence-electron chi connectivity index (χ1n) is 3.12. The Hall–Kier alpha value is -0.360. The Bertz CT molecular complexity index is 320. The first-order valence-corrected chi connectivity index (χ1v) is 5.10. The predicted molar refractivity (Wildman–Crippen MR) is 53.0 cm³/mol. The minimum atomic E-state index is 0.344. The van der Waals surface area contributed by atoms with E-state index in [0.717, 1.165) is 4.90 Å². The van der Waals surface area contributed by atoms with Gasteiger partial charge in [0.2, 0.25) is 0 Å². The van der Waals surface area contributed by atoms with Gasteiger partial charge in [-0.25, -0.2) is 0 Å². The lowest BCUT2D eigenvalue weighted by atomic mass is 10.2. The molecule has 0 saturated heterocycles. The van der Waals surface area contributed by atoms with Gasteiger partial charge in [0.15, 0.2) is 0 Å². The molecule has 0 radical (unpaired) electrons. The molecule has 1 aromatic rings. The number of hydrogen-bond donors (Lipinski definition) is 0. The van der Waals surface area contributed by atoms with Gasteiger partial charge in [0, 0.05) is 4.90 Å². The summed E-state index contributed by atoms with van der Waals surface area (Å²) >= 11 is 13.1. The highest BCUT2D eigenvalue weighted by molar-refractivity contribution is 7.98. The lowest BCUT2D eigenvalue weighted by Gasteiger charge is -2.01. The molecule has 4 heteroatoms. The first kappa shape index (κ1) is 9.73. The lowest BCUT2D eigenvalue weighted by Crippen LogP contribution is -1.80. The molecule has 0 fully saturated rings. The Labute approximate surface area is 85.3 Å². The molecule has 0 heterocycles. The molecule has 0 aromatic heterocycles. The zero-order valence-electron chi connectivity index (χ0n) is 6.27. The maximum atomic E-state index is 8.64. The van der Waals surface area contributed by atoms with E-state index in [1.54, 1.807) is 12.1 Å². The predicted octanol–water partition coefficient (Wildman–Crippen LogP) is 3.59. The monoisotopic (exact) mass is 217 g/mol. The molecule has 0 aliphatic rings. The van der Waals surface area contributed by atoms with E-state index in [-0.39, 0.29) is 0 Å². The second-order valence-electron chi connectivity index (χ2n) is 2.08. The fraction of sp³-hybridized carbons (Fsp3) is 0.125. The van der Waals surface area contributed by atoms with E-state index in [1.165, 1.54) is 11.8 Å². The molecule has 0 N–H and O–H groups in total. The van der Waals surface area contributed by atoms with Crippen LogP contribution in [-0.4, -0.2) is 6.26 Å². The molecule has 1 aromatic carbocycles. The second-order valence-corrected chi connectivity index (χ2v) is 3.77. The summed E-state index contributed by atoms with van der Waals surface area (Å²) in [5.74, 6) is 0. The highest BCUT2D eigenvalue weighted by Gasteiger charge is 2.06. The van der Waals surface area contributed by atoms with Gasteiger partial charge in [-0.1, -0.05) is 23.2 Å². The van der Waals surface area contributed by atoms with Gasteiger partial charge in [0.1, 0.15) is 6.07 Å². The van der Waals surface area contributed by atoms with Crippen molar-refractivity contribution in [3.8, 4) is 6.07 Å². The minimum Gasteiger partial charge on any atom is -0.192 e. The van der Waals surface area contributed by atoms with Gasteiger partial charge in [0.05, 0.1) is 15.6 Å². The van der Waals surface area contributed by atoms with E-state index < -0.39 is 0 Å². The summed E-state index contributed by atoms with van der Waals surface area (Å²) in [6, 6.07) is 5.41. The number of rotatable bonds is 1. The van der Waals surface area contributed by atoms with Crippen LogP contribution in [0.15, 0.2) is 17.0 Å². The smallest absolute Gasteiger partial charge is 0.102 e. The van der Waals surface area contributed by atoms with Crippen LogP contribution in [-0.2, 0) is 0 Å². The number of nitriles is 1. The summed E-state index contributed by atoms with van der Waals surface area (Å²) in [6.07, 6.45) is 1.92. The van der Waals surface area contributed by atoms with Crippen molar-refractivity contribution in [2.45, 2.75) is 4.90 Å². The molecule has 0 saturated carbocycles. The van der Waals surface area contributed by atoms with Crippen molar-refractivity contribution in [1.29, 1.82) is 5.26 Å². The summed E-state index contributed by atoms with van der Waals surface area (Å²) in [4.78, 5) is 0.962. The molecule has 0 bridgehead atoms. The number of hydrogen-bond acceptors (Lipinski definition) is 2. The summed E-state index contributed by atoms with van der Waals surface area (Å²) < 4.78 is 0. The normalized spacial score (nSPS) is 9.50. The topological polar surface area (TPSA) is 23.8 Å². The maximum Gasteiger partial charge on any atom is 0.102 e. The standard InChI is InChI=1S/C8H5Cl2NS/c1-12-5-2-7(9)6(4-11)8(10)3-5/h2-3H,1H3. The molecule has 12 heavy (non-hydrogen) atoms. The fourth-order valence-corrected chi connectivity index (χ4v) is 1.95. The van der Waals surface area contributed by atoms with Gasteiger partial charge in [-0.2, -0.15) is 5.26 Å². The van der Waals surface area contributed by atoms with E-state index in [0.29, 0.717) is 15.6 Å². The van der Waals surface area contributed by atoms with Crippen molar-refractivity contribution >= 4 is 35.0 Å². The van der Waals surface area contributed by atoms with E-state index >= 15 is 0 Å². The number of thioether (sulfide) groups is 1. The molecule has 0 spiro atoms. The van der Waals surface area contributed by atoms with Crippen molar-refractivity contribution in [2.75, 3.05) is 6.26 Å². The van der Waals surface area contributed by atoms with Crippen LogP contribution in [0.5, 0.6) is 0 Å². The van der Waals surface area contributed by atoms with E-state index in [4.69, 9.17) is 28.5 Å². The maximum absolute atomic E-state index is 8.64. The van der Waals surface area contributed by atoms with Crippen LogP contribution >= 0.6 is 35.0 Å². The van der Waals surface area contributed by atoms with E-state index in [2.05, 4.69) is 0 Å². The summed E-state index contributed by atoms with van der Waals surface area (Å²) in [6.45, 7) is 0. The Kier molecular flexibility index (Phi) is 3.28. The van der Waals surface area contributed by atoms with Crippen molar-refractivity contribution in [1.82, 2.24) is 0 Å². The third-order valence-corrected chi connectivity index (χ3v) is 2.67. The largest absolute Gasteiger partial charge is 0.192 e. The highest BCUT2D eigenvalue weighted by Crippen LogP contribution is 2.29.